The zero-order valence-electron chi connectivity index (χ0n) is 20.2. The maximum Gasteiger partial charge on any atom is 0.338 e. The minimum atomic E-state index is -0.471. The number of allylic oxidation sites excluding steroid dienone is 1. The highest BCUT2D eigenvalue weighted by atomic mass is 32.1. The highest BCUT2D eigenvalue weighted by Gasteiger charge is 2.34. The molecular weight excluding hydrogens is 462 g/mol. The highest BCUT2D eigenvalue weighted by Crippen LogP contribution is 2.32. The van der Waals surface area contributed by atoms with Gasteiger partial charge in [-0.05, 0) is 67.9 Å². The third kappa shape index (κ3) is 6.37. The van der Waals surface area contributed by atoms with Crippen molar-refractivity contribution < 1.29 is 14.3 Å². The van der Waals surface area contributed by atoms with Gasteiger partial charge in [0.2, 0.25) is 0 Å². The predicted molar refractivity (Wildman–Crippen MR) is 140 cm³/mol. The molecule has 0 aromatic heterocycles. The zero-order valence-corrected chi connectivity index (χ0v) is 21.0. The van der Waals surface area contributed by atoms with Crippen molar-refractivity contribution in [3.63, 3.8) is 0 Å². The molecule has 3 rings (SSSR count). The molecular formula is C26H29N5O3S. The summed E-state index contributed by atoms with van der Waals surface area (Å²) in [5.41, 5.74) is 3.63. The second-order valence-electron chi connectivity index (χ2n) is 8.51. The summed E-state index contributed by atoms with van der Waals surface area (Å²) < 4.78 is 5.55. The first-order valence-electron chi connectivity index (χ1n) is 11.4. The fourth-order valence-electron chi connectivity index (χ4n) is 3.72. The van der Waals surface area contributed by atoms with E-state index in [0.717, 1.165) is 11.3 Å². The summed E-state index contributed by atoms with van der Waals surface area (Å²) in [6.45, 7) is 8.77. The molecule has 8 nitrogen and oxygen atoms in total. The molecule has 1 aliphatic heterocycles. The number of rotatable bonds is 7. The van der Waals surface area contributed by atoms with E-state index in [1.807, 2.05) is 50.8 Å². The molecule has 3 N–H and O–H groups in total. The van der Waals surface area contributed by atoms with E-state index in [-0.39, 0.29) is 11.9 Å². The quantitative estimate of drug-likeness (QED) is 0.373. The summed E-state index contributed by atoms with van der Waals surface area (Å²) >= 11 is 5.53. The summed E-state index contributed by atoms with van der Waals surface area (Å²) in [5.74, 6) is -0.159. The second kappa shape index (κ2) is 11.5. The molecule has 0 bridgehead atoms. The predicted octanol–water partition coefficient (Wildman–Crippen LogP) is 4.93. The zero-order chi connectivity index (χ0) is 25.5. The normalized spacial score (nSPS) is 15.4. The molecule has 0 saturated heterocycles. The number of hydrogen-bond acceptors (Lipinski definition) is 5. The molecule has 2 aromatic rings. The third-order valence-corrected chi connectivity index (χ3v) is 5.77. The number of nitrogens with one attached hydrogen (secondary N) is 3. The van der Waals surface area contributed by atoms with Crippen LogP contribution in [0.3, 0.4) is 0 Å². The molecule has 1 heterocycles. The topological polar surface area (TPSA) is 106 Å². The number of carbonyl (C=O) groups excluding carboxylic acids is 2. The lowest BCUT2D eigenvalue weighted by Gasteiger charge is -2.37. The van der Waals surface area contributed by atoms with E-state index in [2.05, 4.69) is 16.0 Å². The van der Waals surface area contributed by atoms with E-state index in [4.69, 9.17) is 22.2 Å². The Bertz CT molecular complexity index is 1180. The van der Waals surface area contributed by atoms with Gasteiger partial charge in [-0.25, -0.2) is 9.59 Å². The molecule has 2 aromatic carbocycles. The average Bonchev–Trinajstić information content (AvgIpc) is 2.83. The maximum absolute atomic E-state index is 13.0. The smallest absolute Gasteiger partial charge is 0.338 e. The molecule has 1 atom stereocenters. The summed E-state index contributed by atoms with van der Waals surface area (Å²) in [6.07, 6.45) is 0. The number of amides is 2. The molecule has 9 heteroatoms. The standard InChI is InChI=1S/C26H29N5O3S/c1-5-31-17(4)22(24(32)34-15-16(2)3)23(30-26(31)35)19-9-11-20(12-10-19)28-25(33)29-21-8-6-7-18(13-21)14-27/h6-13,16,23H,5,15H2,1-4H3,(H,30,35)(H2,28,29,33). The Morgan fingerprint density at radius 1 is 1.17 bits per heavy atom. The number of carbonyl (C=O) groups is 2. The molecule has 182 valence electrons. The first kappa shape index (κ1) is 25.7. The number of nitriles is 1. The lowest BCUT2D eigenvalue weighted by atomic mass is 9.95. The molecule has 0 fully saturated rings. The molecule has 1 unspecified atom stereocenters. The Kier molecular flexibility index (Phi) is 8.44. The van der Waals surface area contributed by atoms with Crippen molar-refractivity contribution in [2.24, 2.45) is 5.92 Å². The van der Waals surface area contributed by atoms with E-state index in [1.54, 1.807) is 36.4 Å². The monoisotopic (exact) mass is 491 g/mol. The van der Waals surface area contributed by atoms with Crippen LogP contribution in [-0.4, -0.2) is 35.2 Å². The number of benzene rings is 2. The number of esters is 1. The van der Waals surface area contributed by atoms with E-state index >= 15 is 0 Å². The third-order valence-electron chi connectivity index (χ3n) is 5.43. The van der Waals surface area contributed by atoms with Gasteiger partial charge < -0.3 is 25.6 Å². The number of nitrogens with zero attached hydrogens (tertiary/aromatic N) is 2. The van der Waals surface area contributed by atoms with Gasteiger partial charge in [0.1, 0.15) is 0 Å². The Morgan fingerprint density at radius 3 is 2.49 bits per heavy atom. The minimum Gasteiger partial charge on any atom is -0.462 e. The van der Waals surface area contributed by atoms with Crippen LogP contribution in [0.4, 0.5) is 16.2 Å². The van der Waals surface area contributed by atoms with E-state index < -0.39 is 12.1 Å². The van der Waals surface area contributed by atoms with Gasteiger partial charge in [0, 0.05) is 23.6 Å². The minimum absolute atomic E-state index is 0.220. The second-order valence-corrected chi connectivity index (χ2v) is 8.90. The van der Waals surface area contributed by atoms with Crippen LogP contribution in [0.1, 0.15) is 44.9 Å². The fraction of sp³-hybridized carbons (Fsp3) is 0.308. The van der Waals surface area contributed by atoms with Crippen molar-refractivity contribution in [1.29, 1.82) is 5.26 Å². The number of anilines is 2. The van der Waals surface area contributed by atoms with Crippen LogP contribution < -0.4 is 16.0 Å². The molecule has 0 radical (unpaired) electrons. The van der Waals surface area contributed by atoms with Crippen molar-refractivity contribution in [2.45, 2.75) is 33.7 Å². The summed E-state index contributed by atoms with van der Waals surface area (Å²) in [5, 5.41) is 18.3. The number of thiocarbonyl (C=S) groups is 1. The summed E-state index contributed by atoms with van der Waals surface area (Å²) in [7, 11) is 0. The van der Waals surface area contributed by atoms with Crippen molar-refractivity contribution in [3.8, 4) is 6.07 Å². The fourth-order valence-corrected chi connectivity index (χ4v) is 4.10. The first-order chi connectivity index (χ1) is 16.7. The maximum atomic E-state index is 13.0. The van der Waals surface area contributed by atoms with Gasteiger partial charge in [0.05, 0.1) is 29.9 Å². The van der Waals surface area contributed by atoms with E-state index in [0.29, 0.717) is 40.8 Å². The number of urea groups is 1. The first-order valence-corrected chi connectivity index (χ1v) is 11.8. The molecule has 1 aliphatic rings. The van der Waals surface area contributed by atoms with Crippen LogP contribution in [0.5, 0.6) is 0 Å². The molecule has 0 spiro atoms. The van der Waals surface area contributed by atoms with Crippen molar-refractivity contribution in [1.82, 2.24) is 10.2 Å². The van der Waals surface area contributed by atoms with Crippen LogP contribution in [-0.2, 0) is 9.53 Å². The van der Waals surface area contributed by atoms with Crippen molar-refractivity contribution in [2.75, 3.05) is 23.8 Å². The van der Waals surface area contributed by atoms with Gasteiger partial charge >= 0.3 is 12.0 Å². The average molecular weight is 492 g/mol. The van der Waals surface area contributed by atoms with Gasteiger partial charge in [-0.1, -0.05) is 32.0 Å². The molecule has 0 aliphatic carbocycles. The van der Waals surface area contributed by atoms with Crippen LogP contribution in [0.2, 0.25) is 0 Å². The SMILES string of the molecule is CCN1C(=S)NC(c2ccc(NC(=O)Nc3cccc(C#N)c3)cc2)C(C(=O)OCC(C)C)=C1C. The molecule has 0 saturated carbocycles. The number of hydrogen-bond donors (Lipinski definition) is 3. The highest BCUT2D eigenvalue weighted by molar-refractivity contribution is 7.80. The van der Waals surface area contributed by atoms with Gasteiger partial charge in [-0.3, -0.25) is 0 Å². The summed E-state index contributed by atoms with van der Waals surface area (Å²) in [6, 6.07) is 15.0. The Balaban J connectivity index is 1.78. The van der Waals surface area contributed by atoms with E-state index in [1.165, 1.54) is 0 Å². The molecule has 35 heavy (non-hydrogen) atoms. The van der Waals surface area contributed by atoms with Gasteiger partial charge in [-0.2, -0.15) is 5.26 Å². The van der Waals surface area contributed by atoms with Crippen LogP contribution >= 0.6 is 12.2 Å². The van der Waals surface area contributed by atoms with Gasteiger partial charge in [0.25, 0.3) is 0 Å². The van der Waals surface area contributed by atoms with Crippen LogP contribution in [0.15, 0.2) is 59.8 Å². The Morgan fingerprint density at radius 2 is 1.86 bits per heavy atom. The van der Waals surface area contributed by atoms with Crippen LogP contribution in [0, 0.1) is 17.2 Å². The van der Waals surface area contributed by atoms with Crippen LogP contribution in [0.25, 0.3) is 0 Å². The largest absolute Gasteiger partial charge is 0.462 e. The summed E-state index contributed by atoms with van der Waals surface area (Å²) in [4.78, 5) is 27.3. The van der Waals surface area contributed by atoms with E-state index in [9.17, 15) is 9.59 Å². The van der Waals surface area contributed by atoms with Crippen molar-refractivity contribution in [3.05, 3.63) is 70.9 Å². The Hall–Kier alpha value is -3.90. The lowest BCUT2D eigenvalue weighted by molar-refractivity contribution is -0.140. The number of ether oxygens (including phenoxy) is 1. The molecule has 2 amide bonds. The lowest BCUT2D eigenvalue weighted by Crippen LogP contribution is -2.47. The van der Waals surface area contributed by atoms with Gasteiger partial charge in [0.15, 0.2) is 5.11 Å². The van der Waals surface area contributed by atoms with Crippen molar-refractivity contribution >= 4 is 40.7 Å². The Labute approximate surface area is 210 Å². The van der Waals surface area contributed by atoms with Gasteiger partial charge in [-0.15, -0.1) is 0 Å².